The molecule has 0 bridgehead atoms. The second kappa shape index (κ2) is 8.29. The van der Waals surface area contributed by atoms with E-state index in [4.69, 9.17) is 4.74 Å². The number of H-pyrrole nitrogens is 1. The summed E-state index contributed by atoms with van der Waals surface area (Å²) in [4.78, 5) is 52.1. The van der Waals surface area contributed by atoms with E-state index in [0.29, 0.717) is 46.9 Å². The van der Waals surface area contributed by atoms with Gasteiger partial charge in [-0.3, -0.25) is 14.4 Å². The quantitative estimate of drug-likeness (QED) is 0.312. The molecule has 3 aromatic heterocycles. The van der Waals surface area contributed by atoms with Gasteiger partial charge in [-0.15, -0.1) is 0 Å². The largest absolute Gasteiger partial charge is 0.494 e. The van der Waals surface area contributed by atoms with Crippen molar-refractivity contribution in [3.8, 4) is 11.6 Å². The lowest BCUT2D eigenvalue weighted by atomic mass is 10.1. The maximum atomic E-state index is 13.2. The van der Waals surface area contributed by atoms with E-state index in [1.54, 1.807) is 24.0 Å². The summed E-state index contributed by atoms with van der Waals surface area (Å²) in [6.45, 7) is 2.88. The summed E-state index contributed by atoms with van der Waals surface area (Å²) in [5, 5.41) is 7.60. The number of hydrogen-bond donors (Lipinski definition) is 2. The topological polar surface area (TPSA) is 135 Å². The van der Waals surface area contributed by atoms with Crippen LogP contribution in [0.2, 0.25) is 0 Å². The van der Waals surface area contributed by atoms with Crippen LogP contribution in [0.4, 0.5) is 0 Å². The molecule has 2 atom stereocenters. The molecule has 1 saturated carbocycles. The van der Waals surface area contributed by atoms with Gasteiger partial charge in [0, 0.05) is 42.7 Å². The van der Waals surface area contributed by atoms with Gasteiger partial charge in [0.2, 0.25) is 0 Å². The Kier molecular flexibility index (Phi) is 5.06. The summed E-state index contributed by atoms with van der Waals surface area (Å²) >= 11 is 0. The highest BCUT2D eigenvalue weighted by Crippen LogP contribution is 2.46. The molecule has 11 heteroatoms. The molecule has 1 aliphatic heterocycles. The predicted molar refractivity (Wildman–Crippen MR) is 128 cm³/mol. The molecule has 6 rings (SSSR count). The number of methoxy groups -OCH3 is 1. The first kappa shape index (κ1) is 22.0. The molecule has 2 N–H and O–H groups in total. The van der Waals surface area contributed by atoms with Crippen LogP contribution in [-0.4, -0.2) is 73.5 Å². The van der Waals surface area contributed by atoms with Crippen molar-refractivity contribution in [1.82, 2.24) is 34.9 Å². The Balaban J connectivity index is 1.17. The molecule has 182 valence electrons. The van der Waals surface area contributed by atoms with E-state index in [9.17, 15) is 14.4 Å². The Hall–Kier alpha value is -4.54. The molecule has 2 amide bonds. The Labute approximate surface area is 205 Å². The van der Waals surface area contributed by atoms with Crippen LogP contribution in [0.25, 0.3) is 16.7 Å². The number of pyridine rings is 1. The molecular weight excluding hydrogens is 462 g/mol. The summed E-state index contributed by atoms with van der Waals surface area (Å²) in [5.74, 6) is 0.300. The number of hydrogen-bond acceptors (Lipinski definition) is 7. The summed E-state index contributed by atoms with van der Waals surface area (Å²) in [6, 6.07) is 9.02. The van der Waals surface area contributed by atoms with E-state index in [0.717, 1.165) is 0 Å². The van der Waals surface area contributed by atoms with Crippen molar-refractivity contribution in [2.24, 2.45) is 11.8 Å². The van der Waals surface area contributed by atoms with Crippen LogP contribution in [0.15, 0.2) is 49.1 Å². The predicted octanol–water partition coefficient (Wildman–Crippen LogP) is 1.53. The van der Waals surface area contributed by atoms with Gasteiger partial charge in [0.1, 0.15) is 17.9 Å². The highest BCUT2D eigenvalue weighted by Gasteiger charge is 2.57. The third kappa shape index (κ3) is 3.51. The summed E-state index contributed by atoms with van der Waals surface area (Å²) < 4.78 is 6.92. The minimum absolute atomic E-state index is 0.0122. The number of aromatic nitrogens is 5. The number of ether oxygens (including phenoxy) is 1. The number of aryl methyl sites for hydroxylation is 1. The van der Waals surface area contributed by atoms with E-state index >= 15 is 0 Å². The molecule has 2 aliphatic rings. The Bertz CT molecular complexity index is 1500. The number of carbonyl (C=O) groups excluding carboxylic acids is 3. The Morgan fingerprint density at radius 1 is 1.11 bits per heavy atom. The van der Waals surface area contributed by atoms with Gasteiger partial charge in [0.25, 0.3) is 17.6 Å². The molecule has 1 aliphatic carbocycles. The van der Waals surface area contributed by atoms with E-state index in [1.807, 2.05) is 18.2 Å². The molecule has 0 spiro atoms. The lowest BCUT2D eigenvalue weighted by molar-refractivity contribution is -0.117. The summed E-state index contributed by atoms with van der Waals surface area (Å²) in [5.41, 5.74) is 1.35. The SMILES string of the molecule is COc1cnc(-n2cnc(C)n2)c2[nH]cc(C(=O)C(=O)NC3C4CN(C(=O)c5ccccc5)CC43)c12. The number of nitrogens with zero attached hydrogens (tertiary/aromatic N) is 5. The molecule has 2 fully saturated rings. The van der Waals surface area contributed by atoms with Crippen LogP contribution in [0, 0.1) is 18.8 Å². The molecule has 11 nitrogen and oxygen atoms in total. The first-order chi connectivity index (χ1) is 17.5. The number of amides is 2. The van der Waals surface area contributed by atoms with Crippen molar-refractivity contribution in [2.45, 2.75) is 13.0 Å². The molecule has 1 aromatic carbocycles. The zero-order valence-electron chi connectivity index (χ0n) is 19.6. The van der Waals surface area contributed by atoms with Gasteiger partial charge in [-0.25, -0.2) is 14.6 Å². The molecule has 1 saturated heterocycles. The maximum absolute atomic E-state index is 13.2. The van der Waals surface area contributed by atoms with Crippen LogP contribution in [0.5, 0.6) is 5.75 Å². The van der Waals surface area contributed by atoms with E-state index in [-0.39, 0.29) is 29.3 Å². The van der Waals surface area contributed by atoms with Gasteiger partial charge in [-0.1, -0.05) is 18.2 Å². The number of piperidine rings is 1. The first-order valence-electron chi connectivity index (χ1n) is 11.6. The van der Waals surface area contributed by atoms with E-state index in [1.165, 1.54) is 30.5 Å². The minimum atomic E-state index is -0.687. The fourth-order valence-corrected chi connectivity index (χ4v) is 5.07. The summed E-state index contributed by atoms with van der Waals surface area (Å²) in [7, 11) is 1.48. The second-order valence-electron chi connectivity index (χ2n) is 9.07. The van der Waals surface area contributed by atoms with Gasteiger partial charge in [0.15, 0.2) is 5.82 Å². The average molecular weight is 486 g/mol. The molecule has 4 aromatic rings. The zero-order chi connectivity index (χ0) is 25.0. The van der Waals surface area contributed by atoms with Crippen LogP contribution in [0.3, 0.4) is 0 Å². The lowest BCUT2D eigenvalue weighted by Gasteiger charge is -2.20. The number of aromatic amines is 1. The van der Waals surface area contributed by atoms with Crippen LogP contribution < -0.4 is 10.1 Å². The fraction of sp³-hybridized carbons (Fsp3) is 0.280. The van der Waals surface area contributed by atoms with Crippen molar-refractivity contribution < 1.29 is 19.1 Å². The number of nitrogens with one attached hydrogen (secondary N) is 2. The molecule has 4 heterocycles. The molecule has 36 heavy (non-hydrogen) atoms. The second-order valence-corrected chi connectivity index (χ2v) is 9.07. The monoisotopic (exact) mass is 485 g/mol. The zero-order valence-corrected chi connectivity index (χ0v) is 19.6. The fourth-order valence-electron chi connectivity index (χ4n) is 5.07. The smallest absolute Gasteiger partial charge is 0.292 e. The van der Waals surface area contributed by atoms with Gasteiger partial charge >= 0.3 is 0 Å². The van der Waals surface area contributed by atoms with Crippen LogP contribution >= 0.6 is 0 Å². The van der Waals surface area contributed by atoms with E-state index < -0.39 is 11.7 Å². The third-order valence-corrected chi connectivity index (χ3v) is 6.95. The third-order valence-electron chi connectivity index (χ3n) is 6.95. The number of ketones is 1. The molecule has 0 radical (unpaired) electrons. The van der Waals surface area contributed by atoms with Gasteiger partial charge in [-0.05, 0) is 19.1 Å². The van der Waals surface area contributed by atoms with Gasteiger partial charge in [0.05, 0.1) is 29.8 Å². The van der Waals surface area contributed by atoms with Gasteiger partial charge < -0.3 is 19.9 Å². The van der Waals surface area contributed by atoms with Gasteiger partial charge in [-0.2, -0.15) is 5.10 Å². The van der Waals surface area contributed by atoms with Crippen molar-refractivity contribution in [1.29, 1.82) is 0 Å². The number of likely N-dealkylation sites (tertiary alicyclic amines) is 1. The average Bonchev–Trinajstić information content (AvgIpc) is 3.37. The molecule has 2 unspecified atom stereocenters. The van der Waals surface area contributed by atoms with Crippen molar-refractivity contribution in [3.05, 3.63) is 66.0 Å². The van der Waals surface area contributed by atoms with Crippen molar-refractivity contribution in [2.75, 3.05) is 20.2 Å². The van der Waals surface area contributed by atoms with Crippen LogP contribution in [0.1, 0.15) is 26.5 Å². The highest BCUT2D eigenvalue weighted by molar-refractivity contribution is 6.45. The molecular formula is C25H23N7O4. The number of carbonyl (C=O) groups is 3. The normalized spacial score (nSPS) is 20.3. The highest BCUT2D eigenvalue weighted by atomic mass is 16.5. The number of Topliss-reactive ketones (excluding diaryl/α,β-unsaturated/α-hetero) is 1. The minimum Gasteiger partial charge on any atom is -0.494 e. The van der Waals surface area contributed by atoms with E-state index in [2.05, 4.69) is 25.4 Å². The van der Waals surface area contributed by atoms with Crippen LogP contribution in [-0.2, 0) is 4.79 Å². The standard InChI is InChI=1S/C25H23N7O4/c1-13-28-12-32(30-13)23-21-19(18(36-2)9-27-23)15(8-26-21)22(33)24(34)29-20-16-10-31(11-17(16)20)25(35)14-6-4-3-5-7-14/h3-9,12,16-17,20,26H,10-11H2,1-2H3,(H,29,34). The first-order valence-corrected chi connectivity index (χ1v) is 11.6. The number of fused-ring (bicyclic) bond motifs is 2. The maximum Gasteiger partial charge on any atom is 0.292 e. The summed E-state index contributed by atoms with van der Waals surface area (Å²) in [6.07, 6.45) is 4.50. The van der Waals surface area contributed by atoms with Crippen molar-refractivity contribution >= 4 is 28.5 Å². The Morgan fingerprint density at radius 2 is 1.86 bits per heavy atom. The number of benzene rings is 1. The van der Waals surface area contributed by atoms with Crippen molar-refractivity contribution in [3.63, 3.8) is 0 Å². The number of rotatable bonds is 6. The Morgan fingerprint density at radius 3 is 2.53 bits per heavy atom. The lowest BCUT2D eigenvalue weighted by Crippen LogP contribution is -2.39.